The lowest BCUT2D eigenvalue weighted by Crippen LogP contribution is -2.15. The van der Waals surface area contributed by atoms with Crippen LogP contribution in [0.5, 0.6) is 5.75 Å². The Morgan fingerprint density at radius 3 is 2.95 bits per heavy atom. The van der Waals surface area contributed by atoms with Gasteiger partial charge in [0, 0.05) is 36.6 Å². The van der Waals surface area contributed by atoms with Crippen molar-refractivity contribution >= 4 is 0 Å². The number of nitrogens with one attached hydrogen (secondary N) is 1. The summed E-state index contributed by atoms with van der Waals surface area (Å²) in [5, 5.41) is 3.47. The van der Waals surface area contributed by atoms with Crippen LogP contribution in [0.2, 0.25) is 0 Å². The summed E-state index contributed by atoms with van der Waals surface area (Å²) in [6.45, 7) is 3.54. The van der Waals surface area contributed by atoms with Crippen LogP contribution in [0.1, 0.15) is 29.9 Å². The van der Waals surface area contributed by atoms with Gasteiger partial charge in [0.1, 0.15) is 5.75 Å². The second-order valence-electron chi connectivity index (χ2n) is 5.33. The van der Waals surface area contributed by atoms with E-state index in [2.05, 4.69) is 26.0 Å². The molecule has 0 amide bonds. The molecule has 0 unspecified atom stereocenters. The summed E-state index contributed by atoms with van der Waals surface area (Å²) in [6.07, 6.45) is 6.54. The first kappa shape index (κ1) is 13.1. The van der Waals surface area contributed by atoms with Crippen molar-refractivity contribution in [1.29, 1.82) is 0 Å². The zero-order valence-electron chi connectivity index (χ0n) is 12.0. The van der Waals surface area contributed by atoms with Crippen LogP contribution < -0.4 is 10.1 Å². The summed E-state index contributed by atoms with van der Waals surface area (Å²) in [4.78, 5) is 8.94. The minimum atomic E-state index is 0.711. The van der Waals surface area contributed by atoms with Crippen molar-refractivity contribution in [3.05, 3.63) is 41.7 Å². The molecule has 0 spiro atoms. The van der Waals surface area contributed by atoms with Gasteiger partial charge in [0.15, 0.2) is 0 Å². The Labute approximate surface area is 119 Å². The Bertz CT molecular complexity index is 589. The Hall–Kier alpha value is -1.88. The van der Waals surface area contributed by atoms with Gasteiger partial charge in [-0.25, -0.2) is 4.98 Å². The van der Waals surface area contributed by atoms with Crippen molar-refractivity contribution in [3.63, 3.8) is 0 Å². The van der Waals surface area contributed by atoms with Crippen LogP contribution in [0.15, 0.2) is 24.7 Å². The fraction of sp³-hybridized carbons (Fsp3) is 0.467. The highest BCUT2D eigenvalue weighted by atomic mass is 16.5. The third-order valence-electron chi connectivity index (χ3n) is 3.40. The van der Waals surface area contributed by atoms with Gasteiger partial charge in [-0.3, -0.25) is 4.98 Å². The van der Waals surface area contributed by atoms with E-state index in [1.165, 1.54) is 12.8 Å². The van der Waals surface area contributed by atoms with Gasteiger partial charge in [-0.1, -0.05) is 0 Å². The van der Waals surface area contributed by atoms with E-state index in [1.54, 1.807) is 7.11 Å². The fourth-order valence-electron chi connectivity index (χ4n) is 2.21. The molecule has 0 bridgehead atoms. The van der Waals surface area contributed by atoms with E-state index in [0.29, 0.717) is 12.6 Å². The molecule has 0 saturated heterocycles. The molecule has 1 fully saturated rings. The van der Waals surface area contributed by atoms with E-state index in [1.807, 2.05) is 25.4 Å². The molecule has 0 aliphatic heterocycles. The second-order valence-corrected chi connectivity index (χ2v) is 5.33. The first-order valence-corrected chi connectivity index (χ1v) is 6.98. The van der Waals surface area contributed by atoms with E-state index >= 15 is 0 Å². The highest BCUT2D eigenvalue weighted by Gasteiger charge is 2.20. The highest BCUT2D eigenvalue weighted by Crippen LogP contribution is 2.19. The van der Waals surface area contributed by atoms with Crippen molar-refractivity contribution in [1.82, 2.24) is 19.9 Å². The lowest BCUT2D eigenvalue weighted by molar-refractivity contribution is 0.413. The van der Waals surface area contributed by atoms with Crippen LogP contribution in [0.3, 0.4) is 0 Å². The first-order chi connectivity index (χ1) is 9.72. The zero-order chi connectivity index (χ0) is 13.9. The van der Waals surface area contributed by atoms with Gasteiger partial charge in [-0.05, 0) is 19.8 Å². The number of aryl methyl sites for hydroxylation is 1. The van der Waals surface area contributed by atoms with Gasteiger partial charge < -0.3 is 14.6 Å². The molecule has 106 valence electrons. The van der Waals surface area contributed by atoms with Gasteiger partial charge in [0.2, 0.25) is 0 Å². The lowest BCUT2D eigenvalue weighted by atomic mass is 10.3. The number of methoxy groups -OCH3 is 1. The Balaban J connectivity index is 1.65. The summed E-state index contributed by atoms with van der Waals surface area (Å²) in [6, 6.07) is 4.61. The molecule has 1 aliphatic rings. The SMILES string of the molecule is COc1cc(C)nc(Cn2cnc(CNC3CC3)c2)c1. The molecule has 2 heterocycles. The van der Waals surface area contributed by atoms with Crippen molar-refractivity contribution < 1.29 is 4.74 Å². The summed E-state index contributed by atoms with van der Waals surface area (Å²) >= 11 is 0. The quantitative estimate of drug-likeness (QED) is 0.872. The molecule has 0 aromatic carbocycles. The number of ether oxygens (including phenoxy) is 1. The minimum absolute atomic E-state index is 0.711. The van der Waals surface area contributed by atoms with Gasteiger partial charge in [0.25, 0.3) is 0 Å². The molecule has 3 rings (SSSR count). The molecule has 20 heavy (non-hydrogen) atoms. The molecule has 1 N–H and O–H groups in total. The van der Waals surface area contributed by atoms with E-state index < -0.39 is 0 Å². The molecular weight excluding hydrogens is 252 g/mol. The fourth-order valence-corrected chi connectivity index (χ4v) is 2.21. The Morgan fingerprint density at radius 1 is 1.35 bits per heavy atom. The van der Waals surface area contributed by atoms with Gasteiger partial charge in [0.05, 0.1) is 31.4 Å². The maximum absolute atomic E-state index is 5.28. The Kier molecular flexibility index (Phi) is 3.69. The number of aromatic nitrogens is 3. The highest BCUT2D eigenvalue weighted by molar-refractivity contribution is 5.26. The van der Waals surface area contributed by atoms with Crippen molar-refractivity contribution in [2.75, 3.05) is 7.11 Å². The average molecular weight is 272 g/mol. The number of nitrogens with zero attached hydrogens (tertiary/aromatic N) is 3. The van der Waals surface area contributed by atoms with Crippen LogP contribution in [0.25, 0.3) is 0 Å². The molecule has 5 heteroatoms. The summed E-state index contributed by atoms with van der Waals surface area (Å²) in [5.74, 6) is 0.850. The van der Waals surface area contributed by atoms with Crippen LogP contribution in [-0.4, -0.2) is 27.7 Å². The molecule has 1 aliphatic carbocycles. The number of rotatable bonds is 6. The van der Waals surface area contributed by atoms with Crippen molar-refractivity contribution in [3.8, 4) is 5.75 Å². The van der Waals surface area contributed by atoms with Gasteiger partial charge in [-0.2, -0.15) is 0 Å². The molecule has 5 nitrogen and oxygen atoms in total. The normalized spacial score (nSPS) is 14.5. The molecule has 2 aromatic rings. The van der Waals surface area contributed by atoms with E-state index in [-0.39, 0.29) is 0 Å². The molecule has 0 atom stereocenters. The maximum Gasteiger partial charge on any atom is 0.122 e. The van der Waals surface area contributed by atoms with E-state index in [4.69, 9.17) is 4.74 Å². The largest absolute Gasteiger partial charge is 0.497 e. The van der Waals surface area contributed by atoms with Crippen LogP contribution in [-0.2, 0) is 13.1 Å². The Morgan fingerprint density at radius 2 is 2.20 bits per heavy atom. The van der Waals surface area contributed by atoms with Gasteiger partial charge >= 0.3 is 0 Å². The molecule has 1 saturated carbocycles. The molecule has 0 radical (unpaired) electrons. The number of hydrogen-bond donors (Lipinski definition) is 1. The zero-order valence-corrected chi connectivity index (χ0v) is 12.0. The van der Waals surface area contributed by atoms with E-state index in [9.17, 15) is 0 Å². The summed E-state index contributed by atoms with van der Waals surface area (Å²) < 4.78 is 7.34. The minimum Gasteiger partial charge on any atom is -0.497 e. The standard InChI is InChI=1S/C15H20N4O/c1-11-5-15(20-2)6-13(18-11)8-19-9-14(17-10-19)7-16-12-3-4-12/h5-6,9-10,12,16H,3-4,7-8H2,1-2H3. The second kappa shape index (κ2) is 5.63. The average Bonchev–Trinajstić information content (AvgIpc) is 3.16. The van der Waals surface area contributed by atoms with Gasteiger partial charge in [-0.15, -0.1) is 0 Å². The third kappa shape index (κ3) is 3.36. The van der Waals surface area contributed by atoms with Crippen LogP contribution >= 0.6 is 0 Å². The monoisotopic (exact) mass is 272 g/mol. The molecule has 2 aromatic heterocycles. The summed E-state index contributed by atoms with van der Waals surface area (Å²) in [7, 11) is 1.68. The molecular formula is C15H20N4O. The lowest BCUT2D eigenvalue weighted by Gasteiger charge is -2.06. The first-order valence-electron chi connectivity index (χ1n) is 6.98. The predicted octanol–water partition coefficient (Wildman–Crippen LogP) is 1.90. The topological polar surface area (TPSA) is 52.0 Å². The van der Waals surface area contributed by atoms with Crippen LogP contribution in [0.4, 0.5) is 0 Å². The van der Waals surface area contributed by atoms with Crippen LogP contribution in [0, 0.1) is 6.92 Å². The smallest absolute Gasteiger partial charge is 0.122 e. The third-order valence-corrected chi connectivity index (χ3v) is 3.40. The number of hydrogen-bond acceptors (Lipinski definition) is 4. The number of pyridine rings is 1. The van der Waals surface area contributed by atoms with Crippen molar-refractivity contribution in [2.45, 2.75) is 38.9 Å². The van der Waals surface area contributed by atoms with E-state index in [0.717, 1.165) is 29.4 Å². The number of imidazole rings is 1. The predicted molar refractivity (Wildman–Crippen MR) is 76.7 cm³/mol. The van der Waals surface area contributed by atoms with Crippen molar-refractivity contribution in [2.24, 2.45) is 0 Å². The summed E-state index contributed by atoms with van der Waals surface area (Å²) in [5.41, 5.74) is 3.03. The maximum atomic E-state index is 5.28.